The van der Waals surface area contributed by atoms with E-state index in [-0.39, 0.29) is 11.8 Å². The van der Waals surface area contributed by atoms with Crippen molar-refractivity contribution in [2.45, 2.75) is 32.3 Å². The van der Waals surface area contributed by atoms with E-state index in [1.165, 1.54) is 0 Å². The van der Waals surface area contributed by atoms with Gasteiger partial charge in [-0.15, -0.1) is 10.2 Å². The van der Waals surface area contributed by atoms with Gasteiger partial charge in [0.2, 0.25) is 0 Å². The molecule has 0 spiro atoms. The van der Waals surface area contributed by atoms with Crippen LogP contribution in [0.25, 0.3) is 0 Å². The highest BCUT2D eigenvalue weighted by molar-refractivity contribution is 5.93. The minimum Gasteiger partial charge on any atom is -0.487 e. The van der Waals surface area contributed by atoms with Crippen LogP contribution in [0.2, 0.25) is 0 Å². The average Bonchev–Trinajstić information content (AvgIpc) is 3.15. The molecule has 1 fully saturated rings. The standard InChI is InChI=1S/C21H25N7O2/c1-14-18(11-15-3-7-23-8-4-15)19(20(22)29)25-26-21(14)28-9-5-16(6-10-28)30-17-12-24-27(2)13-17/h3-4,7-8,12-13,16H,5-6,9-11H2,1-2H3,(H2,22,29). The average molecular weight is 407 g/mol. The highest BCUT2D eigenvalue weighted by Gasteiger charge is 2.26. The topological polar surface area (TPSA) is 112 Å². The lowest BCUT2D eigenvalue weighted by Gasteiger charge is -2.33. The van der Waals surface area contributed by atoms with E-state index in [2.05, 4.69) is 25.2 Å². The van der Waals surface area contributed by atoms with Crippen LogP contribution < -0.4 is 15.4 Å². The summed E-state index contributed by atoms with van der Waals surface area (Å²) in [5.41, 5.74) is 8.58. The molecule has 9 heteroatoms. The summed E-state index contributed by atoms with van der Waals surface area (Å²) in [7, 11) is 1.87. The Labute approximate surface area is 174 Å². The van der Waals surface area contributed by atoms with Crippen LogP contribution in [-0.4, -0.2) is 50.1 Å². The van der Waals surface area contributed by atoms with Crippen molar-refractivity contribution >= 4 is 11.7 Å². The fraction of sp³-hybridized carbons (Fsp3) is 0.381. The van der Waals surface area contributed by atoms with Crippen molar-refractivity contribution in [3.63, 3.8) is 0 Å². The van der Waals surface area contributed by atoms with Gasteiger partial charge in [-0.2, -0.15) is 5.10 Å². The zero-order chi connectivity index (χ0) is 21.1. The van der Waals surface area contributed by atoms with E-state index in [1.54, 1.807) is 23.3 Å². The number of nitrogens with two attached hydrogens (primary N) is 1. The Morgan fingerprint density at radius 3 is 2.60 bits per heavy atom. The second-order valence-electron chi connectivity index (χ2n) is 7.53. The molecule has 0 aromatic carbocycles. The summed E-state index contributed by atoms with van der Waals surface area (Å²) in [5, 5.41) is 12.7. The molecule has 0 unspecified atom stereocenters. The van der Waals surface area contributed by atoms with Crippen LogP contribution >= 0.6 is 0 Å². The van der Waals surface area contributed by atoms with Crippen molar-refractivity contribution in [3.05, 3.63) is 59.3 Å². The number of pyridine rings is 1. The van der Waals surface area contributed by atoms with E-state index >= 15 is 0 Å². The van der Waals surface area contributed by atoms with Gasteiger partial charge in [0.25, 0.3) is 5.91 Å². The normalized spacial score (nSPS) is 14.7. The van der Waals surface area contributed by atoms with Gasteiger partial charge in [-0.3, -0.25) is 14.5 Å². The molecule has 156 valence electrons. The molecule has 1 aliphatic rings. The van der Waals surface area contributed by atoms with Crippen molar-refractivity contribution < 1.29 is 9.53 Å². The number of hydrogen-bond acceptors (Lipinski definition) is 7. The second kappa shape index (κ2) is 8.48. The first-order valence-electron chi connectivity index (χ1n) is 9.96. The van der Waals surface area contributed by atoms with E-state index in [4.69, 9.17) is 10.5 Å². The maximum atomic E-state index is 11.9. The van der Waals surface area contributed by atoms with Gasteiger partial charge in [0.15, 0.2) is 17.3 Å². The van der Waals surface area contributed by atoms with Gasteiger partial charge in [-0.1, -0.05) is 0 Å². The number of ether oxygens (including phenoxy) is 1. The third kappa shape index (κ3) is 4.24. The molecular formula is C21H25N7O2. The molecule has 4 rings (SSSR count). The monoisotopic (exact) mass is 407 g/mol. The molecule has 0 atom stereocenters. The third-order valence-corrected chi connectivity index (χ3v) is 5.41. The number of anilines is 1. The van der Waals surface area contributed by atoms with Crippen molar-refractivity contribution in [1.29, 1.82) is 0 Å². The number of nitrogens with zero attached hydrogens (tertiary/aromatic N) is 6. The molecule has 0 aliphatic carbocycles. The van der Waals surface area contributed by atoms with E-state index < -0.39 is 5.91 Å². The Hall–Kier alpha value is -3.49. The maximum absolute atomic E-state index is 11.9. The lowest BCUT2D eigenvalue weighted by molar-refractivity contribution is 0.0993. The predicted octanol–water partition coefficient (Wildman–Crippen LogP) is 1.65. The molecule has 0 radical (unpaired) electrons. The summed E-state index contributed by atoms with van der Waals surface area (Å²) < 4.78 is 7.76. The van der Waals surface area contributed by atoms with Gasteiger partial charge in [0, 0.05) is 51.8 Å². The molecule has 0 saturated carbocycles. The van der Waals surface area contributed by atoms with Crippen LogP contribution in [0.1, 0.15) is 40.0 Å². The Morgan fingerprint density at radius 2 is 1.97 bits per heavy atom. The third-order valence-electron chi connectivity index (χ3n) is 5.41. The summed E-state index contributed by atoms with van der Waals surface area (Å²) in [4.78, 5) is 18.2. The number of piperidine rings is 1. The first-order valence-corrected chi connectivity index (χ1v) is 9.96. The first kappa shape index (κ1) is 19.8. The largest absolute Gasteiger partial charge is 0.487 e. The van der Waals surface area contributed by atoms with Crippen LogP contribution in [0.4, 0.5) is 5.82 Å². The minimum atomic E-state index is -0.565. The van der Waals surface area contributed by atoms with Crippen LogP contribution in [0.3, 0.4) is 0 Å². The SMILES string of the molecule is Cc1c(N2CCC(Oc3cnn(C)c3)CC2)nnc(C(N)=O)c1Cc1ccncc1. The number of aryl methyl sites for hydroxylation is 1. The van der Waals surface area contributed by atoms with Crippen LogP contribution in [0.15, 0.2) is 36.9 Å². The molecule has 1 saturated heterocycles. The predicted molar refractivity (Wildman–Crippen MR) is 111 cm³/mol. The highest BCUT2D eigenvalue weighted by atomic mass is 16.5. The molecule has 3 aromatic rings. The zero-order valence-electron chi connectivity index (χ0n) is 17.2. The fourth-order valence-corrected chi connectivity index (χ4v) is 3.80. The summed E-state index contributed by atoms with van der Waals surface area (Å²) in [5.74, 6) is 1.02. The molecule has 9 nitrogen and oxygen atoms in total. The molecule has 1 amide bonds. The summed E-state index contributed by atoms with van der Waals surface area (Å²) in [6.07, 6.45) is 9.50. The summed E-state index contributed by atoms with van der Waals surface area (Å²) in [6.45, 7) is 3.57. The molecule has 1 aliphatic heterocycles. The molecule has 2 N–H and O–H groups in total. The Morgan fingerprint density at radius 1 is 1.23 bits per heavy atom. The van der Waals surface area contributed by atoms with Crippen molar-refractivity contribution in [3.8, 4) is 5.75 Å². The smallest absolute Gasteiger partial charge is 0.269 e. The van der Waals surface area contributed by atoms with Gasteiger partial charge in [-0.25, -0.2) is 0 Å². The minimum absolute atomic E-state index is 0.139. The number of amides is 1. The quantitative estimate of drug-likeness (QED) is 0.661. The van der Waals surface area contributed by atoms with Crippen molar-refractivity contribution in [2.24, 2.45) is 12.8 Å². The lowest BCUT2D eigenvalue weighted by Crippen LogP contribution is -2.39. The van der Waals surface area contributed by atoms with Gasteiger partial charge < -0.3 is 15.4 Å². The van der Waals surface area contributed by atoms with E-state index in [0.717, 1.165) is 54.2 Å². The van der Waals surface area contributed by atoms with E-state index in [0.29, 0.717) is 6.42 Å². The van der Waals surface area contributed by atoms with Crippen LogP contribution in [-0.2, 0) is 13.5 Å². The van der Waals surface area contributed by atoms with Crippen molar-refractivity contribution in [2.75, 3.05) is 18.0 Å². The number of hydrogen-bond donors (Lipinski definition) is 1. The maximum Gasteiger partial charge on any atom is 0.269 e. The number of aromatic nitrogens is 5. The summed E-state index contributed by atoms with van der Waals surface area (Å²) in [6, 6.07) is 3.84. The Bertz CT molecular complexity index is 1030. The van der Waals surface area contributed by atoms with Gasteiger partial charge in [0.05, 0.1) is 12.4 Å². The number of rotatable bonds is 6. The molecule has 30 heavy (non-hydrogen) atoms. The summed E-state index contributed by atoms with van der Waals surface area (Å²) >= 11 is 0. The Balaban J connectivity index is 1.51. The number of carbonyl (C=O) groups excluding carboxylic acids is 1. The number of carbonyl (C=O) groups is 1. The van der Waals surface area contributed by atoms with Crippen molar-refractivity contribution in [1.82, 2.24) is 25.0 Å². The van der Waals surface area contributed by atoms with Gasteiger partial charge >= 0.3 is 0 Å². The highest BCUT2D eigenvalue weighted by Crippen LogP contribution is 2.27. The fourth-order valence-electron chi connectivity index (χ4n) is 3.80. The molecule has 0 bridgehead atoms. The van der Waals surface area contributed by atoms with E-state index in [1.807, 2.05) is 32.3 Å². The van der Waals surface area contributed by atoms with Gasteiger partial charge in [0.1, 0.15) is 6.10 Å². The molecule has 4 heterocycles. The second-order valence-corrected chi connectivity index (χ2v) is 7.53. The van der Waals surface area contributed by atoms with E-state index in [9.17, 15) is 4.79 Å². The first-order chi connectivity index (χ1) is 14.5. The zero-order valence-corrected chi connectivity index (χ0v) is 17.2. The molecular weight excluding hydrogens is 382 g/mol. The Kier molecular flexibility index (Phi) is 5.60. The van der Waals surface area contributed by atoms with Crippen LogP contribution in [0, 0.1) is 6.92 Å². The number of primary amides is 1. The lowest BCUT2D eigenvalue weighted by atomic mass is 9.99. The van der Waals surface area contributed by atoms with Gasteiger partial charge in [-0.05, 0) is 35.7 Å². The van der Waals surface area contributed by atoms with Crippen LogP contribution in [0.5, 0.6) is 5.75 Å². The molecule has 3 aromatic heterocycles.